The molecule has 6 heteroatoms. The highest BCUT2D eigenvalue weighted by Crippen LogP contribution is 2.30. The smallest absolute Gasteiger partial charge is 0.311 e. The van der Waals surface area contributed by atoms with E-state index >= 15 is 0 Å². The Morgan fingerprint density at radius 1 is 1.50 bits per heavy atom. The summed E-state index contributed by atoms with van der Waals surface area (Å²) in [5.74, 6) is -1.33. The van der Waals surface area contributed by atoms with Gasteiger partial charge in [0.1, 0.15) is 5.56 Å². The molecule has 2 rings (SSSR count). The first-order valence-electron chi connectivity index (χ1n) is 5.64. The van der Waals surface area contributed by atoms with E-state index in [0.717, 1.165) is 0 Å². The van der Waals surface area contributed by atoms with Gasteiger partial charge in [-0.3, -0.25) is 14.4 Å². The van der Waals surface area contributed by atoms with Gasteiger partial charge in [0, 0.05) is 19.3 Å². The SMILES string of the molecule is CC1(C(=O)O)CCN(C(=O)c2ccc[nH]c2=O)C1. The number of aromatic amines is 1. The fraction of sp³-hybridized carbons (Fsp3) is 0.417. The van der Waals surface area contributed by atoms with Crippen LogP contribution in [0.3, 0.4) is 0 Å². The predicted octanol–water partition coefficient (Wildman–Crippen LogP) is 0.312. The maximum absolute atomic E-state index is 12.1. The van der Waals surface area contributed by atoms with Crippen molar-refractivity contribution in [1.82, 2.24) is 9.88 Å². The molecule has 0 aliphatic carbocycles. The van der Waals surface area contributed by atoms with Gasteiger partial charge in [-0.2, -0.15) is 0 Å². The molecule has 0 spiro atoms. The molecule has 1 amide bonds. The van der Waals surface area contributed by atoms with E-state index < -0.39 is 22.9 Å². The number of carbonyl (C=O) groups is 2. The van der Waals surface area contributed by atoms with Crippen LogP contribution in [0.25, 0.3) is 0 Å². The van der Waals surface area contributed by atoms with E-state index in [1.54, 1.807) is 13.0 Å². The molecule has 96 valence electrons. The van der Waals surface area contributed by atoms with Gasteiger partial charge in [0.25, 0.3) is 11.5 Å². The zero-order chi connectivity index (χ0) is 13.3. The van der Waals surface area contributed by atoms with E-state index in [4.69, 9.17) is 5.11 Å². The van der Waals surface area contributed by atoms with Crippen LogP contribution in [0.15, 0.2) is 23.1 Å². The Morgan fingerprint density at radius 3 is 2.78 bits per heavy atom. The van der Waals surface area contributed by atoms with Gasteiger partial charge >= 0.3 is 5.97 Å². The molecule has 0 bridgehead atoms. The van der Waals surface area contributed by atoms with Crippen LogP contribution in [0, 0.1) is 5.41 Å². The number of aliphatic carboxylic acids is 1. The van der Waals surface area contributed by atoms with Crippen molar-refractivity contribution in [3.8, 4) is 0 Å². The van der Waals surface area contributed by atoms with Crippen molar-refractivity contribution in [3.05, 3.63) is 34.2 Å². The fourth-order valence-corrected chi connectivity index (χ4v) is 2.07. The molecule has 1 aliphatic rings. The number of aromatic nitrogens is 1. The van der Waals surface area contributed by atoms with Gasteiger partial charge < -0.3 is 15.0 Å². The Balaban J connectivity index is 2.21. The van der Waals surface area contributed by atoms with Crippen molar-refractivity contribution in [2.75, 3.05) is 13.1 Å². The Morgan fingerprint density at radius 2 is 2.22 bits per heavy atom. The molecule has 1 aromatic heterocycles. The van der Waals surface area contributed by atoms with Crippen LogP contribution in [0.1, 0.15) is 23.7 Å². The number of carboxylic acid groups (broad SMARTS) is 1. The van der Waals surface area contributed by atoms with Crippen LogP contribution < -0.4 is 5.56 Å². The van der Waals surface area contributed by atoms with Crippen molar-refractivity contribution in [2.45, 2.75) is 13.3 Å². The molecule has 0 saturated carbocycles. The first-order valence-corrected chi connectivity index (χ1v) is 5.64. The average molecular weight is 250 g/mol. The number of pyridine rings is 1. The van der Waals surface area contributed by atoms with Crippen LogP contribution in [0.4, 0.5) is 0 Å². The Bertz CT molecular complexity index is 551. The lowest BCUT2D eigenvalue weighted by molar-refractivity contribution is -0.147. The number of hydrogen-bond acceptors (Lipinski definition) is 3. The molecular weight excluding hydrogens is 236 g/mol. The van der Waals surface area contributed by atoms with E-state index in [0.29, 0.717) is 13.0 Å². The van der Waals surface area contributed by atoms with Crippen molar-refractivity contribution >= 4 is 11.9 Å². The van der Waals surface area contributed by atoms with E-state index in [9.17, 15) is 14.4 Å². The summed E-state index contributed by atoms with van der Waals surface area (Å²) in [6.45, 7) is 2.10. The van der Waals surface area contributed by atoms with Gasteiger partial charge in [0.15, 0.2) is 0 Å². The van der Waals surface area contributed by atoms with Crippen molar-refractivity contribution < 1.29 is 14.7 Å². The first-order chi connectivity index (χ1) is 8.44. The van der Waals surface area contributed by atoms with Gasteiger partial charge in [-0.25, -0.2) is 0 Å². The maximum atomic E-state index is 12.1. The van der Waals surface area contributed by atoms with Gasteiger partial charge in [-0.1, -0.05) is 0 Å². The van der Waals surface area contributed by atoms with Crippen LogP contribution in [0.2, 0.25) is 0 Å². The number of rotatable bonds is 2. The zero-order valence-corrected chi connectivity index (χ0v) is 9.97. The fourth-order valence-electron chi connectivity index (χ4n) is 2.07. The molecule has 1 aromatic rings. The summed E-state index contributed by atoms with van der Waals surface area (Å²) < 4.78 is 0. The third kappa shape index (κ3) is 2.01. The standard InChI is InChI=1S/C12H14N2O4/c1-12(11(17)18)4-6-14(7-12)10(16)8-3-2-5-13-9(8)15/h2-3,5H,4,6-7H2,1H3,(H,13,15)(H,17,18). The molecule has 0 radical (unpaired) electrons. The van der Waals surface area contributed by atoms with Gasteiger partial charge in [0.05, 0.1) is 5.41 Å². The van der Waals surface area contributed by atoms with Gasteiger partial charge in [0.2, 0.25) is 0 Å². The average Bonchev–Trinajstić information content (AvgIpc) is 2.73. The lowest BCUT2D eigenvalue weighted by Gasteiger charge is -2.19. The summed E-state index contributed by atoms with van der Waals surface area (Å²) in [5, 5.41) is 9.09. The molecule has 18 heavy (non-hydrogen) atoms. The van der Waals surface area contributed by atoms with E-state index in [2.05, 4.69) is 4.98 Å². The van der Waals surface area contributed by atoms with Crippen LogP contribution in [-0.2, 0) is 4.79 Å². The third-order valence-corrected chi connectivity index (χ3v) is 3.33. The number of carbonyl (C=O) groups excluding carboxylic acids is 1. The molecule has 2 heterocycles. The topological polar surface area (TPSA) is 90.5 Å². The monoisotopic (exact) mass is 250 g/mol. The second-order valence-corrected chi connectivity index (χ2v) is 4.76. The van der Waals surface area contributed by atoms with Crippen molar-refractivity contribution in [1.29, 1.82) is 0 Å². The van der Waals surface area contributed by atoms with Gasteiger partial charge in [-0.05, 0) is 25.5 Å². The summed E-state index contributed by atoms with van der Waals surface area (Å²) in [4.78, 5) is 38.5. The largest absolute Gasteiger partial charge is 0.481 e. The molecule has 0 aromatic carbocycles. The Labute approximate surface area is 103 Å². The van der Waals surface area contributed by atoms with E-state index in [1.165, 1.54) is 17.2 Å². The summed E-state index contributed by atoms with van der Waals surface area (Å²) >= 11 is 0. The molecule has 1 aliphatic heterocycles. The molecule has 1 fully saturated rings. The van der Waals surface area contributed by atoms with E-state index in [-0.39, 0.29) is 12.1 Å². The van der Waals surface area contributed by atoms with Crippen molar-refractivity contribution in [3.63, 3.8) is 0 Å². The number of nitrogens with zero attached hydrogens (tertiary/aromatic N) is 1. The minimum atomic E-state index is -0.919. The number of likely N-dealkylation sites (tertiary alicyclic amines) is 1. The predicted molar refractivity (Wildman–Crippen MR) is 63.3 cm³/mol. The minimum absolute atomic E-state index is 0.0483. The second kappa shape index (κ2) is 4.29. The summed E-state index contributed by atoms with van der Waals surface area (Å²) in [6, 6.07) is 3.01. The summed E-state index contributed by atoms with van der Waals surface area (Å²) in [7, 11) is 0. The summed E-state index contributed by atoms with van der Waals surface area (Å²) in [6.07, 6.45) is 1.85. The second-order valence-electron chi connectivity index (χ2n) is 4.76. The molecular formula is C12H14N2O4. The number of H-pyrrole nitrogens is 1. The quantitative estimate of drug-likeness (QED) is 0.790. The van der Waals surface area contributed by atoms with Gasteiger partial charge in [-0.15, -0.1) is 0 Å². The van der Waals surface area contributed by atoms with Crippen molar-refractivity contribution in [2.24, 2.45) is 5.41 Å². The molecule has 1 atom stereocenters. The Hall–Kier alpha value is -2.11. The van der Waals surface area contributed by atoms with Crippen LogP contribution >= 0.6 is 0 Å². The Kier molecular flexibility index (Phi) is 2.94. The number of hydrogen-bond donors (Lipinski definition) is 2. The normalized spacial score (nSPS) is 23.1. The number of amides is 1. The maximum Gasteiger partial charge on any atom is 0.311 e. The highest BCUT2D eigenvalue weighted by molar-refractivity contribution is 5.94. The van der Waals surface area contributed by atoms with Crippen LogP contribution in [-0.4, -0.2) is 40.0 Å². The molecule has 6 nitrogen and oxygen atoms in total. The highest BCUT2D eigenvalue weighted by atomic mass is 16.4. The molecule has 1 saturated heterocycles. The highest BCUT2D eigenvalue weighted by Gasteiger charge is 2.42. The number of nitrogens with one attached hydrogen (secondary N) is 1. The zero-order valence-electron chi connectivity index (χ0n) is 9.97. The lowest BCUT2D eigenvalue weighted by atomic mass is 9.90. The minimum Gasteiger partial charge on any atom is -0.481 e. The molecule has 1 unspecified atom stereocenters. The van der Waals surface area contributed by atoms with Crippen LogP contribution in [0.5, 0.6) is 0 Å². The first kappa shape index (κ1) is 12.3. The summed E-state index contributed by atoms with van der Waals surface area (Å²) in [5.41, 5.74) is -1.32. The number of carboxylic acids is 1. The molecule has 2 N–H and O–H groups in total. The van der Waals surface area contributed by atoms with E-state index in [1.807, 2.05) is 0 Å². The third-order valence-electron chi connectivity index (χ3n) is 3.33. The lowest BCUT2D eigenvalue weighted by Crippen LogP contribution is -2.36.